The zero-order valence-electron chi connectivity index (χ0n) is 10.2. The summed E-state index contributed by atoms with van der Waals surface area (Å²) in [6.45, 7) is 0. The SMILES string of the molecule is Cn1c(SC2CCCCC2O)nnc1C1CC1. The fourth-order valence-electron chi connectivity index (χ4n) is 2.48. The second-order valence-electron chi connectivity index (χ2n) is 5.18. The first kappa shape index (κ1) is 11.5. The summed E-state index contributed by atoms with van der Waals surface area (Å²) in [4.78, 5) is 0. The smallest absolute Gasteiger partial charge is 0.191 e. The Kier molecular flexibility index (Phi) is 3.13. The van der Waals surface area contributed by atoms with Gasteiger partial charge in [-0.3, -0.25) is 0 Å². The van der Waals surface area contributed by atoms with Crippen molar-refractivity contribution >= 4 is 11.8 Å². The van der Waals surface area contributed by atoms with Gasteiger partial charge >= 0.3 is 0 Å². The third-order valence-electron chi connectivity index (χ3n) is 3.74. The maximum absolute atomic E-state index is 9.97. The van der Waals surface area contributed by atoms with Crippen molar-refractivity contribution in [3.63, 3.8) is 0 Å². The highest BCUT2D eigenvalue weighted by Gasteiger charge is 2.31. The van der Waals surface area contributed by atoms with E-state index >= 15 is 0 Å². The first-order valence-corrected chi connectivity index (χ1v) is 7.37. The van der Waals surface area contributed by atoms with Crippen molar-refractivity contribution in [2.24, 2.45) is 7.05 Å². The van der Waals surface area contributed by atoms with Gasteiger partial charge in [0.05, 0.1) is 6.10 Å². The van der Waals surface area contributed by atoms with Crippen molar-refractivity contribution < 1.29 is 5.11 Å². The number of thioether (sulfide) groups is 1. The molecule has 1 aromatic heterocycles. The predicted octanol–water partition coefficient (Wildman–Crippen LogP) is 2.09. The Morgan fingerprint density at radius 3 is 2.65 bits per heavy atom. The minimum absolute atomic E-state index is 0.171. The largest absolute Gasteiger partial charge is 0.392 e. The van der Waals surface area contributed by atoms with E-state index in [-0.39, 0.29) is 6.10 Å². The normalized spacial score (nSPS) is 29.5. The van der Waals surface area contributed by atoms with Gasteiger partial charge in [0.2, 0.25) is 0 Å². The summed E-state index contributed by atoms with van der Waals surface area (Å²) >= 11 is 1.70. The van der Waals surface area contributed by atoms with Gasteiger partial charge in [-0.1, -0.05) is 24.6 Å². The van der Waals surface area contributed by atoms with E-state index in [1.807, 2.05) is 7.05 Å². The number of hydrogen-bond donors (Lipinski definition) is 1. The van der Waals surface area contributed by atoms with Gasteiger partial charge in [0.25, 0.3) is 0 Å². The average Bonchev–Trinajstić information content (AvgIpc) is 3.09. The van der Waals surface area contributed by atoms with Crippen LogP contribution in [0.2, 0.25) is 0 Å². The Morgan fingerprint density at radius 1 is 1.18 bits per heavy atom. The molecule has 0 aromatic carbocycles. The van der Waals surface area contributed by atoms with E-state index in [1.165, 1.54) is 19.3 Å². The first-order valence-electron chi connectivity index (χ1n) is 6.49. The van der Waals surface area contributed by atoms with E-state index in [0.717, 1.165) is 30.2 Å². The lowest BCUT2D eigenvalue weighted by molar-refractivity contribution is 0.137. The second-order valence-corrected chi connectivity index (χ2v) is 6.39. The minimum atomic E-state index is -0.171. The Bertz CT molecular complexity index is 402. The molecule has 0 amide bonds. The van der Waals surface area contributed by atoms with Gasteiger partial charge < -0.3 is 9.67 Å². The van der Waals surface area contributed by atoms with Crippen LogP contribution in [0.4, 0.5) is 0 Å². The molecule has 3 rings (SSSR count). The molecule has 5 heteroatoms. The molecule has 4 nitrogen and oxygen atoms in total. The van der Waals surface area contributed by atoms with Crippen molar-refractivity contribution in [1.29, 1.82) is 0 Å². The number of rotatable bonds is 3. The predicted molar refractivity (Wildman–Crippen MR) is 67.1 cm³/mol. The molecule has 1 aromatic rings. The number of aromatic nitrogens is 3. The molecule has 2 atom stereocenters. The van der Waals surface area contributed by atoms with E-state index in [1.54, 1.807) is 11.8 Å². The monoisotopic (exact) mass is 253 g/mol. The Labute approximate surface area is 106 Å². The molecular weight excluding hydrogens is 234 g/mol. The Hall–Kier alpha value is -0.550. The number of aliphatic hydroxyl groups excluding tert-OH is 1. The van der Waals surface area contributed by atoms with E-state index in [2.05, 4.69) is 14.8 Å². The van der Waals surface area contributed by atoms with Crippen LogP contribution in [0.15, 0.2) is 5.16 Å². The van der Waals surface area contributed by atoms with Crippen LogP contribution in [0.3, 0.4) is 0 Å². The van der Waals surface area contributed by atoms with Crippen LogP contribution in [0.1, 0.15) is 50.3 Å². The van der Waals surface area contributed by atoms with Crippen LogP contribution in [-0.2, 0) is 7.05 Å². The standard InChI is InChI=1S/C12H19N3OS/c1-15-11(8-6-7-8)13-14-12(15)17-10-5-3-2-4-9(10)16/h8-10,16H,2-7H2,1H3. The zero-order valence-corrected chi connectivity index (χ0v) is 11.0. The Morgan fingerprint density at radius 2 is 1.94 bits per heavy atom. The van der Waals surface area contributed by atoms with Gasteiger partial charge in [-0.15, -0.1) is 10.2 Å². The first-order chi connectivity index (χ1) is 8.25. The van der Waals surface area contributed by atoms with Crippen molar-refractivity contribution in [2.45, 2.75) is 61.0 Å². The van der Waals surface area contributed by atoms with Gasteiger partial charge in [-0.2, -0.15) is 0 Å². The molecule has 2 fully saturated rings. The van der Waals surface area contributed by atoms with Gasteiger partial charge in [-0.05, 0) is 25.7 Å². The summed E-state index contributed by atoms with van der Waals surface area (Å²) in [6, 6.07) is 0. The molecule has 0 saturated heterocycles. The van der Waals surface area contributed by atoms with Crippen LogP contribution in [0.5, 0.6) is 0 Å². The van der Waals surface area contributed by atoms with Crippen molar-refractivity contribution in [3.8, 4) is 0 Å². The van der Waals surface area contributed by atoms with Crippen LogP contribution in [0, 0.1) is 0 Å². The lowest BCUT2D eigenvalue weighted by Gasteiger charge is -2.26. The molecule has 94 valence electrons. The minimum Gasteiger partial charge on any atom is -0.392 e. The summed E-state index contributed by atoms with van der Waals surface area (Å²) in [5, 5.41) is 19.8. The molecule has 1 heterocycles. The quantitative estimate of drug-likeness (QED) is 0.896. The lowest BCUT2D eigenvalue weighted by Crippen LogP contribution is -2.27. The van der Waals surface area contributed by atoms with Crippen LogP contribution in [-0.4, -0.2) is 31.2 Å². The van der Waals surface area contributed by atoms with Crippen LogP contribution >= 0.6 is 11.8 Å². The number of hydrogen-bond acceptors (Lipinski definition) is 4. The summed E-state index contributed by atoms with van der Waals surface area (Å²) < 4.78 is 2.11. The van der Waals surface area contributed by atoms with Gasteiger partial charge in [-0.25, -0.2) is 0 Å². The molecule has 2 aliphatic rings. The number of nitrogens with zero attached hydrogens (tertiary/aromatic N) is 3. The van der Waals surface area contributed by atoms with E-state index in [0.29, 0.717) is 11.2 Å². The fourth-order valence-corrected chi connectivity index (χ4v) is 3.66. The van der Waals surface area contributed by atoms with E-state index in [9.17, 15) is 5.11 Å². The maximum Gasteiger partial charge on any atom is 0.191 e. The topological polar surface area (TPSA) is 50.9 Å². The third-order valence-corrected chi connectivity index (χ3v) is 5.15. The summed E-state index contributed by atoms with van der Waals surface area (Å²) in [7, 11) is 2.05. The Balaban J connectivity index is 1.71. The molecule has 2 aliphatic carbocycles. The second kappa shape index (κ2) is 4.61. The molecule has 2 unspecified atom stereocenters. The van der Waals surface area contributed by atoms with Crippen LogP contribution < -0.4 is 0 Å². The molecule has 2 saturated carbocycles. The molecule has 0 radical (unpaired) electrons. The van der Waals surface area contributed by atoms with Crippen molar-refractivity contribution in [2.75, 3.05) is 0 Å². The molecule has 17 heavy (non-hydrogen) atoms. The maximum atomic E-state index is 9.97. The molecular formula is C12H19N3OS. The third kappa shape index (κ3) is 2.36. The highest BCUT2D eigenvalue weighted by Crippen LogP contribution is 2.40. The molecule has 1 N–H and O–H groups in total. The van der Waals surface area contributed by atoms with Crippen LogP contribution in [0.25, 0.3) is 0 Å². The summed E-state index contributed by atoms with van der Waals surface area (Å²) in [5.41, 5.74) is 0. The van der Waals surface area contributed by atoms with Crippen molar-refractivity contribution in [1.82, 2.24) is 14.8 Å². The fraction of sp³-hybridized carbons (Fsp3) is 0.833. The van der Waals surface area contributed by atoms with E-state index < -0.39 is 0 Å². The van der Waals surface area contributed by atoms with Gasteiger partial charge in [0.15, 0.2) is 5.16 Å². The van der Waals surface area contributed by atoms with Crippen molar-refractivity contribution in [3.05, 3.63) is 5.82 Å². The van der Waals surface area contributed by atoms with Gasteiger partial charge in [0.1, 0.15) is 5.82 Å². The molecule has 0 spiro atoms. The lowest BCUT2D eigenvalue weighted by atomic mass is 9.97. The highest BCUT2D eigenvalue weighted by atomic mass is 32.2. The zero-order chi connectivity index (χ0) is 11.8. The molecule has 0 aliphatic heterocycles. The van der Waals surface area contributed by atoms with Gasteiger partial charge in [0, 0.05) is 18.2 Å². The van der Waals surface area contributed by atoms with E-state index in [4.69, 9.17) is 0 Å². The summed E-state index contributed by atoms with van der Waals surface area (Å²) in [5.74, 6) is 1.76. The highest BCUT2D eigenvalue weighted by molar-refractivity contribution is 7.99. The number of aliphatic hydroxyl groups is 1. The summed E-state index contributed by atoms with van der Waals surface area (Å²) in [6.07, 6.45) is 6.75. The average molecular weight is 253 g/mol. The molecule has 0 bridgehead atoms.